The van der Waals surface area contributed by atoms with Crippen LogP contribution in [0.25, 0.3) is 6.08 Å². The maximum Gasteiger partial charge on any atom is 0.328 e. The Kier molecular flexibility index (Phi) is 5.18. The molecule has 0 saturated carbocycles. The van der Waals surface area contributed by atoms with Gasteiger partial charge in [-0.2, -0.15) is 0 Å². The number of aliphatic carboxylic acids is 1. The predicted octanol–water partition coefficient (Wildman–Crippen LogP) is 4.17. The Bertz CT molecular complexity index is 495. The van der Waals surface area contributed by atoms with Gasteiger partial charge in [0.2, 0.25) is 0 Å². The first-order valence-electron chi connectivity index (χ1n) is 6.22. The summed E-state index contributed by atoms with van der Waals surface area (Å²) >= 11 is 3.47. The Balaban J connectivity index is 3.24. The van der Waals surface area contributed by atoms with Crippen molar-refractivity contribution in [1.29, 1.82) is 0 Å². The molecule has 0 unspecified atom stereocenters. The monoisotopic (exact) mass is 325 g/mol. The van der Waals surface area contributed by atoms with Gasteiger partial charge in [-0.1, -0.05) is 28.9 Å². The van der Waals surface area contributed by atoms with Crippen molar-refractivity contribution in [2.45, 2.75) is 32.7 Å². The minimum atomic E-state index is -0.939. The highest BCUT2D eigenvalue weighted by atomic mass is 79.9. The first-order chi connectivity index (χ1) is 8.77. The van der Waals surface area contributed by atoms with Crippen LogP contribution >= 0.6 is 15.9 Å². The second-order valence-corrected chi connectivity index (χ2v) is 6.02. The van der Waals surface area contributed by atoms with Crippen molar-refractivity contribution in [1.82, 2.24) is 0 Å². The number of carboxylic acid groups (broad SMARTS) is 1. The van der Waals surface area contributed by atoms with Crippen LogP contribution in [0, 0.1) is 0 Å². The minimum Gasteiger partial charge on any atom is -0.478 e. The highest BCUT2D eigenvalue weighted by Crippen LogP contribution is 2.31. The molecule has 1 aromatic carbocycles. The molecule has 0 radical (unpaired) electrons. The van der Waals surface area contributed by atoms with E-state index in [0.29, 0.717) is 0 Å². The smallest absolute Gasteiger partial charge is 0.328 e. The maximum absolute atomic E-state index is 10.7. The van der Waals surface area contributed by atoms with E-state index in [-0.39, 0.29) is 5.54 Å². The average molecular weight is 326 g/mol. The highest BCUT2D eigenvalue weighted by molar-refractivity contribution is 9.10. The zero-order valence-electron chi connectivity index (χ0n) is 11.8. The lowest BCUT2D eigenvalue weighted by Crippen LogP contribution is -2.40. The topological polar surface area (TPSA) is 40.5 Å². The van der Waals surface area contributed by atoms with Crippen LogP contribution in [-0.4, -0.2) is 23.7 Å². The zero-order valence-corrected chi connectivity index (χ0v) is 13.4. The quantitative estimate of drug-likeness (QED) is 0.826. The van der Waals surface area contributed by atoms with Gasteiger partial charge in [0.1, 0.15) is 0 Å². The molecule has 0 spiro atoms. The molecule has 19 heavy (non-hydrogen) atoms. The van der Waals surface area contributed by atoms with Crippen LogP contribution in [-0.2, 0) is 4.79 Å². The third-order valence-corrected chi connectivity index (χ3v) is 4.03. The predicted molar refractivity (Wildman–Crippen MR) is 83.6 cm³/mol. The number of halogens is 1. The summed E-state index contributed by atoms with van der Waals surface area (Å²) in [6, 6.07) is 5.85. The molecule has 0 saturated heterocycles. The number of rotatable bonds is 5. The maximum atomic E-state index is 10.7. The molecule has 0 amide bonds. The van der Waals surface area contributed by atoms with Crippen molar-refractivity contribution in [3.63, 3.8) is 0 Å². The van der Waals surface area contributed by atoms with Gasteiger partial charge < -0.3 is 10.0 Å². The number of carbonyl (C=O) groups is 1. The SMILES string of the molecule is CCC(C)(C)N(C)c1cc(Br)ccc1C=CC(=O)O. The molecule has 104 valence electrons. The van der Waals surface area contributed by atoms with Gasteiger partial charge in [0.25, 0.3) is 0 Å². The molecule has 0 heterocycles. The summed E-state index contributed by atoms with van der Waals surface area (Å²) in [5.74, 6) is -0.939. The Morgan fingerprint density at radius 1 is 1.47 bits per heavy atom. The lowest BCUT2D eigenvalue weighted by Gasteiger charge is -2.37. The zero-order chi connectivity index (χ0) is 14.6. The molecule has 0 bridgehead atoms. The number of anilines is 1. The lowest BCUT2D eigenvalue weighted by atomic mass is 9.98. The Morgan fingerprint density at radius 3 is 2.63 bits per heavy atom. The Hall–Kier alpha value is -1.29. The largest absolute Gasteiger partial charge is 0.478 e. The molecule has 1 aromatic rings. The molecule has 0 aliphatic carbocycles. The van der Waals surface area contributed by atoms with Gasteiger partial charge in [-0.15, -0.1) is 0 Å². The summed E-state index contributed by atoms with van der Waals surface area (Å²) < 4.78 is 0.980. The van der Waals surface area contributed by atoms with Crippen LogP contribution in [0.5, 0.6) is 0 Å². The lowest BCUT2D eigenvalue weighted by molar-refractivity contribution is -0.131. The van der Waals surface area contributed by atoms with Crippen LogP contribution in [0.1, 0.15) is 32.8 Å². The number of benzene rings is 1. The molecule has 0 atom stereocenters. The number of nitrogens with zero attached hydrogens (tertiary/aromatic N) is 1. The second-order valence-electron chi connectivity index (χ2n) is 5.10. The van der Waals surface area contributed by atoms with Crippen LogP contribution in [0.2, 0.25) is 0 Å². The fourth-order valence-electron chi connectivity index (χ4n) is 1.67. The van der Waals surface area contributed by atoms with E-state index in [1.807, 2.05) is 25.2 Å². The molecule has 0 fully saturated rings. The molecule has 3 nitrogen and oxygen atoms in total. The number of hydrogen-bond acceptors (Lipinski definition) is 2. The van der Waals surface area contributed by atoms with Crippen molar-refractivity contribution in [3.8, 4) is 0 Å². The fraction of sp³-hybridized carbons (Fsp3) is 0.400. The third-order valence-electron chi connectivity index (χ3n) is 3.53. The van der Waals surface area contributed by atoms with Gasteiger partial charge in [0.05, 0.1) is 0 Å². The highest BCUT2D eigenvalue weighted by Gasteiger charge is 2.23. The average Bonchev–Trinajstić information content (AvgIpc) is 2.36. The summed E-state index contributed by atoms with van der Waals surface area (Å²) in [7, 11) is 2.03. The van der Waals surface area contributed by atoms with E-state index in [1.165, 1.54) is 6.08 Å². The van der Waals surface area contributed by atoms with E-state index in [0.717, 1.165) is 22.1 Å². The first-order valence-corrected chi connectivity index (χ1v) is 7.01. The van der Waals surface area contributed by atoms with E-state index >= 15 is 0 Å². The third kappa shape index (κ3) is 4.10. The van der Waals surface area contributed by atoms with E-state index in [4.69, 9.17) is 5.11 Å². The van der Waals surface area contributed by atoms with Crippen molar-refractivity contribution in [2.75, 3.05) is 11.9 Å². The molecular formula is C15H20BrNO2. The minimum absolute atomic E-state index is 0.00655. The summed E-state index contributed by atoms with van der Waals surface area (Å²) in [4.78, 5) is 12.8. The number of carboxylic acids is 1. The van der Waals surface area contributed by atoms with E-state index in [1.54, 1.807) is 6.08 Å². The summed E-state index contributed by atoms with van der Waals surface area (Å²) in [6.45, 7) is 6.47. The molecule has 0 aromatic heterocycles. The molecule has 4 heteroatoms. The van der Waals surface area contributed by atoms with Crippen molar-refractivity contribution >= 4 is 33.7 Å². The Labute approximate surface area is 123 Å². The van der Waals surface area contributed by atoms with E-state index < -0.39 is 5.97 Å². The normalized spacial score (nSPS) is 11.8. The van der Waals surface area contributed by atoms with E-state index in [9.17, 15) is 4.79 Å². The molecule has 1 N–H and O–H groups in total. The van der Waals surface area contributed by atoms with Crippen LogP contribution in [0.3, 0.4) is 0 Å². The molecule has 0 aliphatic rings. The van der Waals surface area contributed by atoms with Crippen LogP contribution < -0.4 is 4.90 Å². The first kappa shape index (κ1) is 15.8. The van der Waals surface area contributed by atoms with Gasteiger partial charge in [-0.05, 0) is 44.0 Å². The van der Waals surface area contributed by atoms with Crippen molar-refractivity contribution < 1.29 is 9.90 Å². The van der Waals surface area contributed by atoms with Gasteiger partial charge in [-0.3, -0.25) is 0 Å². The van der Waals surface area contributed by atoms with Gasteiger partial charge in [-0.25, -0.2) is 4.79 Å². The van der Waals surface area contributed by atoms with Crippen molar-refractivity contribution in [2.24, 2.45) is 0 Å². The van der Waals surface area contributed by atoms with Crippen LogP contribution in [0.4, 0.5) is 5.69 Å². The van der Waals surface area contributed by atoms with Gasteiger partial charge >= 0.3 is 5.97 Å². The summed E-state index contributed by atoms with van der Waals surface area (Å²) in [5, 5.41) is 8.76. The summed E-state index contributed by atoms with van der Waals surface area (Å²) in [5.41, 5.74) is 1.92. The Morgan fingerprint density at radius 2 is 2.11 bits per heavy atom. The van der Waals surface area contributed by atoms with Gasteiger partial charge in [0.15, 0.2) is 0 Å². The fourth-order valence-corrected chi connectivity index (χ4v) is 2.02. The molecule has 0 aliphatic heterocycles. The van der Waals surface area contributed by atoms with Crippen molar-refractivity contribution in [3.05, 3.63) is 34.3 Å². The van der Waals surface area contributed by atoms with Gasteiger partial charge in [0, 0.05) is 28.8 Å². The standard InChI is InChI=1S/C15H20BrNO2/c1-5-15(2,3)17(4)13-10-12(16)8-6-11(13)7-9-14(18)19/h6-10H,5H2,1-4H3,(H,18,19). The molecule has 1 rings (SSSR count). The number of hydrogen-bond donors (Lipinski definition) is 1. The molecular weight excluding hydrogens is 306 g/mol. The van der Waals surface area contributed by atoms with Crippen LogP contribution in [0.15, 0.2) is 28.7 Å². The second kappa shape index (κ2) is 6.24. The summed E-state index contributed by atoms with van der Waals surface area (Å²) in [6.07, 6.45) is 3.80. The van der Waals surface area contributed by atoms with E-state index in [2.05, 4.69) is 41.6 Å².